The lowest BCUT2D eigenvalue weighted by molar-refractivity contribution is -0.0157. The lowest BCUT2D eigenvalue weighted by atomic mass is 10.2. The van der Waals surface area contributed by atoms with Gasteiger partial charge in [-0.15, -0.1) is 5.10 Å². The second kappa shape index (κ2) is 5.02. The number of carbonyl (C=O) groups excluding carboxylic acids is 1. The molecule has 20 heavy (non-hydrogen) atoms. The van der Waals surface area contributed by atoms with Crippen LogP contribution in [-0.2, 0) is 14.8 Å². The summed E-state index contributed by atoms with van der Waals surface area (Å²) in [5.74, 6) is -0.231. The van der Waals surface area contributed by atoms with Crippen molar-refractivity contribution in [2.45, 2.75) is 12.1 Å². The van der Waals surface area contributed by atoms with Gasteiger partial charge in [-0.05, 0) is 11.5 Å². The van der Waals surface area contributed by atoms with Gasteiger partial charge >= 0.3 is 0 Å². The zero-order chi connectivity index (χ0) is 14.3. The molecule has 110 valence electrons. The van der Waals surface area contributed by atoms with Crippen LogP contribution in [0.2, 0.25) is 0 Å². The zero-order valence-corrected chi connectivity index (χ0v) is 12.4. The van der Waals surface area contributed by atoms with Crippen LogP contribution in [0.15, 0.2) is 5.38 Å². The van der Waals surface area contributed by atoms with Crippen molar-refractivity contribution >= 4 is 27.5 Å². The van der Waals surface area contributed by atoms with Crippen molar-refractivity contribution in [2.75, 3.05) is 32.5 Å². The molecule has 0 spiro atoms. The van der Waals surface area contributed by atoms with E-state index in [1.165, 1.54) is 10.6 Å². The van der Waals surface area contributed by atoms with Crippen molar-refractivity contribution < 1.29 is 17.9 Å². The van der Waals surface area contributed by atoms with Gasteiger partial charge < -0.3 is 9.64 Å². The molecule has 3 rings (SSSR count). The molecule has 0 aromatic carbocycles. The van der Waals surface area contributed by atoms with E-state index in [0.29, 0.717) is 31.9 Å². The first-order chi connectivity index (χ1) is 9.47. The van der Waals surface area contributed by atoms with Crippen molar-refractivity contribution in [3.63, 3.8) is 0 Å². The van der Waals surface area contributed by atoms with Gasteiger partial charge in [0.1, 0.15) is 0 Å². The fraction of sp³-hybridized carbons (Fsp3) is 0.700. The third-order valence-electron chi connectivity index (χ3n) is 3.54. The van der Waals surface area contributed by atoms with Crippen LogP contribution in [-0.4, -0.2) is 77.8 Å². The molecule has 1 aromatic heterocycles. The minimum absolute atomic E-state index is 0.231. The highest BCUT2D eigenvalue weighted by atomic mass is 32.2. The van der Waals surface area contributed by atoms with E-state index in [2.05, 4.69) is 9.59 Å². The molecule has 0 N–H and O–H groups in total. The number of hydrogen-bond donors (Lipinski definition) is 0. The average molecular weight is 318 g/mol. The summed E-state index contributed by atoms with van der Waals surface area (Å²) >= 11 is 1.11. The monoisotopic (exact) mass is 318 g/mol. The largest absolute Gasteiger partial charge is 0.373 e. The van der Waals surface area contributed by atoms with Gasteiger partial charge in [0, 0.05) is 25.0 Å². The average Bonchev–Trinajstić information content (AvgIpc) is 3.05. The van der Waals surface area contributed by atoms with Gasteiger partial charge in [-0.1, -0.05) is 4.49 Å². The maximum Gasteiger partial charge on any atom is 0.275 e. The van der Waals surface area contributed by atoms with E-state index in [9.17, 15) is 13.2 Å². The van der Waals surface area contributed by atoms with Crippen molar-refractivity contribution in [1.29, 1.82) is 0 Å². The van der Waals surface area contributed by atoms with Crippen LogP contribution < -0.4 is 0 Å². The summed E-state index contributed by atoms with van der Waals surface area (Å²) in [5.41, 5.74) is 0.291. The SMILES string of the molecule is CS(=O)(=O)N1CCO[C@H]2CN(C(=O)c3csnn3)C[C@H]21. The van der Waals surface area contributed by atoms with Gasteiger partial charge in [0.15, 0.2) is 5.69 Å². The predicted molar refractivity (Wildman–Crippen MR) is 70.9 cm³/mol. The molecule has 2 atom stereocenters. The Hall–Kier alpha value is -1.10. The van der Waals surface area contributed by atoms with E-state index in [4.69, 9.17) is 4.74 Å². The molecule has 0 saturated carbocycles. The van der Waals surface area contributed by atoms with E-state index in [0.717, 1.165) is 11.5 Å². The molecule has 0 radical (unpaired) electrons. The number of amides is 1. The molecular weight excluding hydrogens is 304 g/mol. The van der Waals surface area contributed by atoms with E-state index in [1.54, 1.807) is 10.3 Å². The number of sulfonamides is 1. The quantitative estimate of drug-likeness (QED) is 0.696. The van der Waals surface area contributed by atoms with Crippen molar-refractivity contribution in [3.8, 4) is 0 Å². The zero-order valence-electron chi connectivity index (χ0n) is 10.8. The highest BCUT2D eigenvalue weighted by Crippen LogP contribution is 2.25. The van der Waals surface area contributed by atoms with Crippen LogP contribution in [0.3, 0.4) is 0 Å². The molecule has 1 amide bonds. The molecule has 2 aliphatic heterocycles. The van der Waals surface area contributed by atoms with Gasteiger partial charge in [-0.2, -0.15) is 4.31 Å². The molecule has 0 unspecified atom stereocenters. The van der Waals surface area contributed by atoms with Crippen LogP contribution in [0.4, 0.5) is 0 Å². The van der Waals surface area contributed by atoms with E-state index in [1.807, 2.05) is 0 Å². The summed E-state index contributed by atoms with van der Waals surface area (Å²) in [4.78, 5) is 13.8. The molecule has 8 nitrogen and oxygen atoms in total. The second-order valence-electron chi connectivity index (χ2n) is 4.85. The fourth-order valence-corrected chi connectivity index (χ4v) is 4.18. The molecule has 3 heterocycles. The first-order valence-corrected chi connectivity index (χ1v) is 8.80. The lowest BCUT2D eigenvalue weighted by Crippen LogP contribution is -2.52. The van der Waals surface area contributed by atoms with Crippen LogP contribution in [0.5, 0.6) is 0 Å². The number of hydrogen-bond acceptors (Lipinski definition) is 7. The minimum atomic E-state index is -3.29. The Morgan fingerprint density at radius 3 is 2.95 bits per heavy atom. The van der Waals surface area contributed by atoms with Gasteiger partial charge in [0.2, 0.25) is 10.0 Å². The maximum absolute atomic E-state index is 12.2. The highest BCUT2D eigenvalue weighted by Gasteiger charge is 2.45. The predicted octanol–water partition coefficient (Wildman–Crippen LogP) is -0.977. The smallest absolute Gasteiger partial charge is 0.275 e. The Morgan fingerprint density at radius 2 is 2.30 bits per heavy atom. The number of nitrogens with zero attached hydrogens (tertiary/aromatic N) is 4. The summed E-state index contributed by atoms with van der Waals surface area (Å²) in [6.45, 7) is 1.40. The van der Waals surface area contributed by atoms with Crippen LogP contribution in [0.25, 0.3) is 0 Å². The molecule has 10 heteroatoms. The fourth-order valence-electron chi connectivity index (χ4n) is 2.65. The van der Waals surface area contributed by atoms with Crippen LogP contribution in [0.1, 0.15) is 10.5 Å². The first kappa shape index (κ1) is 13.9. The number of likely N-dealkylation sites (tertiary alicyclic amines) is 1. The van der Waals surface area contributed by atoms with Gasteiger partial charge in [-0.25, -0.2) is 8.42 Å². The van der Waals surface area contributed by atoms with Gasteiger partial charge in [0.05, 0.1) is 25.0 Å². The van der Waals surface area contributed by atoms with E-state index in [-0.39, 0.29) is 18.1 Å². The lowest BCUT2D eigenvalue weighted by Gasteiger charge is -2.34. The Bertz CT molecular complexity index is 603. The van der Waals surface area contributed by atoms with Crippen molar-refractivity contribution in [3.05, 3.63) is 11.1 Å². The standard InChI is InChI=1S/C10H14N4O4S2/c1-20(16,17)14-2-3-18-9-5-13(4-8(9)14)10(15)7-6-19-12-11-7/h6,8-9H,2-5H2,1H3/t8-,9+/m1/s1. The number of rotatable bonds is 2. The number of ether oxygens (including phenoxy) is 1. The molecule has 0 aliphatic carbocycles. The Balaban J connectivity index is 1.79. The third-order valence-corrected chi connectivity index (χ3v) is 5.35. The van der Waals surface area contributed by atoms with E-state index >= 15 is 0 Å². The molecule has 1 aromatic rings. The Morgan fingerprint density at radius 1 is 1.50 bits per heavy atom. The molecule has 2 saturated heterocycles. The molecular formula is C10H14N4O4S2. The maximum atomic E-state index is 12.2. The molecule has 2 aliphatic rings. The van der Waals surface area contributed by atoms with Crippen LogP contribution in [0, 0.1) is 0 Å². The Kier molecular flexibility index (Phi) is 3.48. The molecule has 0 bridgehead atoms. The summed E-state index contributed by atoms with van der Waals surface area (Å²) in [6.07, 6.45) is 0.915. The van der Waals surface area contributed by atoms with Crippen LogP contribution >= 0.6 is 11.5 Å². The normalized spacial score (nSPS) is 27.6. The van der Waals surface area contributed by atoms with Gasteiger partial charge in [0.25, 0.3) is 5.91 Å². The Labute approximate surface area is 120 Å². The number of aromatic nitrogens is 2. The summed E-state index contributed by atoms with van der Waals surface area (Å²) in [6, 6.07) is -0.311. The summed E-state index contributed by atoms with van der Waals surface area (Å²) < 4.78 is 34.2. The first-order valence-electron chi connectivity index (χ1n) is 6.11. The highest BCUT2D eigenvalue weighted by molar-refractivity contribution is 7.88. The third kappa shape index (κ3) is 2.43. The minimum Gasteiger partial charge on any atom is -0.373 e. The number of fused-ring (bicyclic) bond motifs is 1. The van der Waals surface area contributed by atoms with E-state index < -0.39 is 10.0 Å². The summed E-state index contributed by atoms with van der Waals surface area (Å²) in [5, 5.41) is 5.33. The summed E-state index contributed by atoms with van der Waals surface area (Å²) in [7, 11) is -3.29. The van der Waals surface area contributed by atoms with Crippen molar-refractivity contribution in [1.82, 2.24) is 18.8 Å². The topological polar surface area (TPSA) is 92.7 Å². The number of morpholine rings is 1. The number of carbonyl (C=O) groups is 1. The van der Waals surface area contributed by atoms with Gasteiger partial charge in [-0.3, -0.25) is 4.79 Å². The second-order valence-corrected chi connectivity index (χ2v) is 7.40. The van der Waals surface area contributed by atoms with Crippen molar-refractivity contribution in [2.24, 2.45) is 0 Å². The molecule has 2 fully saturated rings.